The molecule has 144 valence electrons. The highest BCUT2D eigenvalue weighted by Crippen LogP contribution is 2.27. The molecule has 0 heterocycles. The van der Waals surface area contributed by atoms with Crippen LogP contribution in [0, 0.1) is 5.82 Å². The highest BCUT2D eigenvalue weighted by molar-refractivity contribution is 7.81. The minimum absolute atomic E-state index is 0.0252. The van der Waals surface area contributed by atoms with Crippen molar-refractivity contribution in [3.63, 3.8) is 0 Å². The number of nitrogens with one attached hydrogen (secondary N) is 1. The largest absolute Gasteiger partial charge is 0.505 e. The van der Waals surface area contributed by atoms with Gasteiger partial charge in [-0.1, -0.05) is 24.3 Å². The summed E-state index contributed by atoms with van der Waals surface area (Å²) >= 11 is 3.81. The van der Waals surface area contributed by atoms with Gasteiger partial charge in [0.05, 0.1) is 12.4 Å². The molecule has 27 heavy (non-hydrogen) atoms. The normalized spacial score (nSPS) is 11.5. The fraction of sp³-hybridized carbons (Fsp3) is 0.263. The van der Waals surface area contributed by atoms with Crippen molar-refractivity contribution in [3.8, 4) is 5.75 Å². The zero-order chi connectivity index (χ0) is 19.6. The molecule has 2 aromatic carbocycles. The smallest absolute Gasteiger partial charge is 0.412 e. The van der Waals surface area contributed by atoms with Crippen LogP contribution < -0.4 is 5.32 Å². The number of phenols is 1. The van der Waals surface area contributed by atoms with Crippen LogP contribution in [0.3, 0.4) is 0 Å². The molecule has 0 saturated carbocycles. The van der Waals surface area contributed by atoms with E-state index in [0.717, 1.165) is 6.07 Å². The number of thiol groups is 1. The molecule has 0 aliphatic heterocycles. The monoisotopic (exact) mass is 393 g/mol. The Hall–Kier alpha value is -2.74. The molecule has 2 aromatic rings. The number of phenolic OH excluding ortho intramolecular Hbond substituents is 1. The summed E-state index contributed by atoms with van der Waals surface area (Å²) in [6.07, 6.45) is -0.789. The number of halogens is 1. The number of ether oxygens (including phenoxy) is 2. The first-order chi connectivity index (χ1) is 13.0. The van der Waals surface area contributed by atoms with E-state index in [0.29, 0.717) is 24.1 Å². The van der Waals surface area contributed by atoms with E-state index < -0.39 is 29.7 Å². The summed E-state index contributed by atoms with van der Waals surface area (Å²) in [5.41, 5.74) is 0.940. The SMILES string of the molecule is O=C(CS)OCCC[C@H](OC(=O)Nc1ccccc1)c1ccc(O)c(F)c1. The van der Waals surface area contributed by atoms with Crippen LogP contribution in [0.15, 0.2) is 48.5 Å². The maximum atomic E-state index is 13.7. The van der Waals surface area contributed by atoms with Crippen molar-refractivity contribution in [1.29, 1.82) is 0 Å². The highest BCUT2D eigenvalue weighted by atomic mass is 32.1. The van der Waals surface area contributed by atoms with E-state index in [9.17, 15) is 19.1 Å². The van der Waals surface area contributed by atoms with Gasteiger partial charge in [0, 0.05) is 5.69 Å². The fourth-order valence-corrected chi connectivity index (χ4v) is 2.41. The van der Waals surface area contributed by atoms with E-state index >= 15 is 0 Å². The van der Waals surface area contributed by atoms with Gasteiger partial charge in [-0.15, -0.1) is 0 Å². The third-order valence-electron chi connectivity index (χ3n) is 3.62. The Bertz CT molecular complexity index is 772. The molecule has 1 atom stereocenters. The second kappa shape index (κ2) is 10.4. The summed E-state index contributed by atoms with van der Waals surface area (Å²) in [5.74, 6) is -1.78. The Kier molecular flexibility index (Phi) is 7.94. The Balaban J connectivity index is 2.02. The Labute approximate surface area is 161 Å². The predicted octanol–water partition coefficient (Wildman–Crippen LogP) is 4.07. The Morgan fingerprint density at radius 1 is 1.19 bits per heavy atom. The first-order valence-corrected chi connectivity index (χ1v) is 8.90. The van der Waals surface area contributed by atoms with E-state index in [-0.39, 0.29) is 12.4 Å². The summed E-state index contributed by atoms with van der Waals surface area (Å²) in [4.78, 5) is 23.3. The van der Waals surface area contributed by atoms with E-state index in [1.807, 2.05) is 6.07 Å². The van der Waals surface area contributed by atoms with Gasteiger partial charge in [-0.3, -0.25) is 10.1 Å². The number of para-hydroxylation sites is 1. The third kappa shape index (κ3) is 6.82. The van der Waals surface area contributed by atoms with E-state index in [2.05, 4.69) is 17.9 Å². The second-order valence-corrected chi connectivity index (χ2v) is 5.93. The molecule has 2 rings (SSSR count). The molecule has 0 aliphatic rings. The molecule has 0 radical (unpaired) electrons. The number of anilines is 1. The molecular formula is C19H20FNO5S. The lowest BCUT2D eigenvalue weighted by molar-refractivity contribution is -0.140. The van der Waals surface area contributed by atoms with Crippen molar-refractivity contribution < 1.29 is 28.6 Å². The molecule has 0 bridgehead atoms. The third-order valence-corrected chi connectivity index (χ3v) is 3.87. The topological polar surface area (TPSA) is 84.9 Å². The van der Waals surface area contributed by atoms with Gasteiger partial charge >= 0.3 is 12.1 Å². The van der Waals surface area contributed by atoms with Crippen molar-refractivity contribution in [1.82, 2.24) is 0 Å². The fourth-order valence-electron chi connectivity index (χ4n) is 2.32. The van der Waals surface area contributed by atoms with Crippen LogP contribution in [0.5, 0.6) is 5.75 Å². The molecule has 6 nitrogen and oxygen atoms in total. The van der Waals surface area contributed by atoms with Gasteiger partial charge in [0.2, 0.25) is 0 Å². The molecule has 2 N–H and O–H groups in total. The van der Waals surface area contributed by atoms with Gasteiger partial charge in [0.1, 0.15) is 6.10 Å². The first kappa shape index (κ1) is 20.6. The number of hydrogen-bond acceptors (Lipinski definition) is 6. The lowest BCUT2D eigenvalue weighted by Crippen LogP contribution is -2.18. The molecule has 1 amide bonds. The standard InChI is InChI=1S/C19H20FNO5S/c20-15-11-13(8-9-16(15)22)17(7-4-10-25-18(23)12-27)26-19(24)21-14-5-2-1-3-6-14/h1-3,5-6,8-9,11,17,22,27H,4,7,10,12H2,(H,21,24)/t17-/m0/s1. The minimum Gasteiger partial charge on any atom is -0.505 e. The van der Waals surface area contributed by atoms with Crippen LogP contribution in [0.1, 0.15) is 24.5 Å². The summed E-state index contributed by atoms with van der Waals surface area (Å²) in [6, 6.07) is 12.5. The lowest BCUT2D eigenvalue weighted by atomic mass is 10.0. The molecule has 0 aliphatic carbocycles. The summed E-state index contributed by atoms with van der Waals surface area (Å²) in [7, 11) is 0. The number of rotatable bonds is 8. The zero-order valence-electron chi connectivity index (χ0n) is 14.4. The van der Waals surface area contributed by atoms with Gasteiger partial charge in [-0.05, 0) is 42.7 Å². The maximum absolute atomic E-state index is 13.7. The van der Waals surface area contributed by atoms with E-state index in [4.69, 9.17) is 9.47 Å². The minimum atomic E-state index is -0.814. The average molecular weight is 393 g/mol. The molecule has 0 fully saturated rings. The summed E-state index contributed by atoms with van der Waals surface area (Å²) in [5, 5.41) is 11.9. The molecule has 0 unspecified atom stereocenters. The number of hydrogen-bond donors (Lipinski definition) is 3. The van der Waals surface area contributed by atoms with Gasteiger partial charge < -0.3 is 14.6 Å². The Morgan fingerprint density at radius 2 is 1.93 bits per heavy atom. The van der Waals surface area contributed by atoms with Crippen LogP contribution >= 0.6 is 12.6 Å². The van der Waals surface area contributed by atoms with Crippen molar-refractivity contribution >= 4 is 30.4 Å². The van der Waals surface area contributed by atoms with Crippen LogP contribution in [-0.4, -0.2) is 29.5 Å². The van der Waals surface area contributed by atoms with E-state index in [1.165, 1.54) is 12.1 Å². The molecule has 0 spiro atoms. The Morgan fingerprint density at radius 3 is 2.59 bits per heavy atom. The number of carbonyl (C=O) groups is 2. The van der Waals surface area contributed by atoms with Crippen LogP contribution in [0.2, 0.25) is 0 Å². The van der Waals surface area contributed by atoms with Crippen molar-refractivity contribution in [3.05, 3.63) is 59.9 Å². The van der Waals surface area contributed by atoms with Crippen molar-refractivity contribution in [2.45, 2.75) is 18.9 Å². The van der Waals surface area contributed by atoms with Crippen molar-refractivity contribution in [2.24, 2.45) is 0 Å². The quantitative estimate of drug-likeness (QED) is 0.358. The highest BCUT2D eigenvalue weighted by Gasteiger charge is 2.19. The maximum Gasteiger partial charge on any atom is 0.412 e. The van der Waals surface area contributed by atoms with Gasteiger partial charge in [-0.2, -0.15) is 12.6 Å². The van der Waals surface area contributed by atoms with Crippen LogP contribution in [-0.2, 0) is 14.3 Å². The van der Waals surface area contributed by atoms with Gasteiger partial charge in [-0.25, -0.2) is 9.18 Å². The summed E-state index contributed by atoms with van der Waals surface area (Å²) in [6.45, 7) is 0.125. The predicted molar refractivity (Wildman–Crippen MR) is 101 cm³/mol. The number of benzene rings is 2. The molecular weight excluding hydrogens is 373 g/mol. The second-order valence-electron chi connectivity index (χ2n) is 5.62. The van der Waals surface area contributed by atoms with Crippen LogP contribution in [0.4, 0.5) is 14.9 Å². The zero-order valence-corrected chi connectivity index (χ0v) is 15.3. The van der Waals surface area contributed by atoms with Crippen molar-refractivity contribution in [2.75, 3.05) is 17.7 Å². The van der Waals surface area contributed by atoms with Gasteiger partial charge in [0.15, 0.2) is 11.6 Å². The number of aromatic hydroxyl groups is 1. The van der Waals surface area contributed by atoms with E-state index in [1.54, 1.807) is 24.3 Å². The molecule has 0 aromatic heterocycles. The first-order valence-electron chi connectivity index (χ1n) is 8.27. The van der Waals surface area contributed by atoms with Crippen LogP contribution in [0.25, 0.3) is 0 Å². The average Bonchev–Trinajstić information content (AvgIpc) is 2.67. The summed E-state index contributed by atoms with van der Waals surface area (Å²) < 4.78 is 24.0. The molecule has 8 heteroatoms. The number of amides is 1. The lowest BCUT2D eigenvalue weighted by Gasteiger charge is -2.19. The number of carbonyl (C=O) groups excluding carboxylic acids is 2. The number of esters is 1. The van der Waals surface area contributed by atoms with Gasteiger partial charge in [0.25, 0.3) is 0 Å². The molecule has 0 saturated heterocycles.